The Balaban J connectivity index is 1.50. The van der Waals surface area contributed by atoms with E-state index in [0.29, 0.717) is 6.54 Å². The van der Waals surface area contributed by atoms with Crippen LogP contribution in [0.3, 0.4) is 0 Å². The van der Waals surface area contributed by atoms with Gasteiger partial charge in [-0.1, -0.05) is 18.2 Å². The van der Waals surface area contributed by atoms with Crippen LogP contribution in [-0.2, 0) is 19.3 Å². The highest BCUT2D eigenvalue weighted by molar-refractivity contribution is 5.79. The summed E-state index contributed by atoms with van der Waals surface area (Å²) in [5.41, 5.74) is 3.18. The van der Waals surface area contributed by atoms with Gasteiger partial charge in [0.05, 0.1) is 0 Å². The van der Waals surface area contributed by atoms with Crippen LogP contribution in [0.25, 0.3) is 0 Å². The summed E-state index contributed by atoms with van der Waals surface area (Å²) in [6.07, 6.45) is 7.97. The molecule has 0 aromatic carbocycles. The first-order chi connectivity index (χ1) is 13.9. The number of hydrogen-bond donors (Lipinski definition) is 2. The molecule has 0 amide bonds. The van der Waals surface area contributed by atoms with E-state index in [4.69, 9.17) is 4.99 Å². The second-order valence-corrected chi connectivity index (χ2v) is 6.30. The molecule has 0 radical (unpaired) electrons. The number of rotatable bonds is 9. The summed E-state index contributed by atoms with van der Waals surface area (Å²) >= 11 is 0. The molecule has 0 aliphatic carbocycles. The fourth-order valence-electron chi connectivity index (χ4n) is 2.71. The van der Waals surface area contributed by atoms with Crippen molar-refractivity contribution in [3.05, 3.63) is 90.3 Å². The molecule has 0 bridgehead atoms. The summed E-state index contributed by atoms with van der Waals surface area (Å²) in [5.74, 6) is 0.808. The smallest absolute Gasteiger partial charge is 0.191 e. The zero-order valence-corrected chi connectivity index (χ0v) is 16.0. The molecule has 0 atom stereocenters. The molecule has 0 spiro atoms. The second kappa shape index (κ2) is 11.4. The van der Waals surface area contributed by atoms with Crippen LogP contribution >= 0.6 is 0 Å². The lowest BCUT2D eigenvalue weighted by Crippen LogP contribution is -2.39. The van der Waals surface area contributed by atoms with E-state index in [2.05, 4.69) is 25.6 Å². The highest BCUT2D eigenvalue weighted by atomic mass is 15.2. The van der Waals surface area contributed by atoms with E-state index < -0.39 is 0 Å². The molecular weight excluding hydrogens is 348 g/mol. The predicted molar refractivity (Wildman–Crippen MR) is 112 cm³/mol. The predicted octanol–water partition coefficient (Wildman–Crippen LogP) is 2.43. The van der Waals surface area contributed by atoms with Crippen LogP contribution in [0.2, 0.25) is 0 Å². The lowest BCUT2D eigenvalue weighted by Gasteiger charge is -2.12. The van der Waals surface area contributed by atoms with Crippen molar-refractivity contribution in [2.45, 2.75) is 19.3 Å². The quantitative estimate of drug-likeness (QED) is 0.444. The third kappa shape index (κ3) is 7.15. The van der Waals surface area contributed by atoms with E-state index in [9.17, 15) is 0 Å². The van der Waals surface area contributed by atoms with Crippen LogP contribution in [0.15, 0.2) is 78.2 Å². The minimum atomic E-state index is 0.680. The number of aliphatic imine (C=N–C) groups is 1. The van der Waals surface area contributed by atoms with Crippen molar-refractivity contribution in [1.29, 1.82) is 0 Å². The number of guanidine groups is 1. The van der Waals surface area contributed by atoms with Crippen LogP contribution < -0.4 is 10.6 Å². The molecule has 3 aromatic heterocycles. The van der Waals surface area contributed by atoms with Crippen molar-refractivity contribution < 1.29 is 0 Å². The number of pyridine rings is 3. The van der Waals surface area contributed by atoms with Crippen molar-refractivity contribution in [1.82, 2.24) is 25.6 Å². The maximum absolute atomic E-state index is 4.69. The minimum absolute atomic E-state index is 0.680. The Bertz CT molecular complexity index is 774. The van der Waals surface area contributed by atoms with Gasteiger partial charge in [0.2, 0.25) is 0 Å². The number of hydrogen-bond acceptors (Lipinski definition) is 4. The topological polar surface area (TPSA) is 75.1 Å². The molecule has 0 aliphatic rings. The standard InChI is InChI=1S/C22H26N6/c1-4-13-23-19(7-1)10-16-26-22(27-17-11-20-8-2-5-14-24-20)28-18-12-21-9-3-6-15-25-21/h1-9,13-15H,10-12,16-18H2,(H2,26,27,28). The molecule has 28 heavy (non-hydrogen) atoms. The normalized spacial score (nSPS) is 10.3. The van der Waals surface area contributed by atoms with Crippen molar-refractivity contribution in [3.63, 3.8) is 0 Å². The minimum Gasteiger partial charge on any atom is -0.356 e. The molecule has 3 heterocycles. The first-order valence-electron chi connectivity index (χ1n) is 9.62. The fraction of sp³-hybridized carbons (Fsp3) is 0.273. The molecule has 2 N–H and O–H groups in total. The molecule has 0 saturated heterocycles. The molecule has 0 saturated carbocycles. The van der Waals surface area contributed by atoms with Gasteiger partial charge in [-0.15, -0.1) is 0 Å². The van der Waals surface area contributed by atoms with E-state index in [-0.39, 0.29) is 0 Å². The first-order valence-corrected chi connectivity index (χ1v) is 9.62. The van der Waals surface area contributed by atoms with E-state index in [1.807, 2.05) is 73.2 Å². The molecule has 6 heteroatoms. The molecule has 0 aliphatic heterocycles. The molecular formula is C22H26N6. The first kappa shape index (κ1) is 19.5. The molecule has 144 valence electrons. The van der Waals surface area contributed by atoms with Crippen LogP contribution in [0, 0.1) is 0 Å². The lowest BCUT2D eigenvalue weighted by atomic mass is 10.2. The van der Waals surface area contributed by atoms with Crippen molar-refractivity contribution in [3.8, 4) is 0 Å². The van der Waals surface area contributed by atoms with Crippen LogP contribution in [0.4, 0.5) is 0 Å². The Hall–Kier alpha value is -3.28. The van der Waals surface area contributed by atoms with Gasteiger partial charge in [-0.3, -0.25) is 19.9 Å². The van der Waals surface area contributed by atoms with Crippen molar-refractivity contribution >= 4 is 5.96 Å². The van der Waals surface area contributed by atoms with Gasteiger partial charge in [0.25, 0.3) is 0 Å². The Kier molecular flexibility index (Phi) is 7.96. The van der Waals surface area contributed by atoms with E-state index in [1.165, 1.54) is 0 Å². The third-order valence-electron chi connectivity index (χ3n) is 4.16. The van der Waals surface area contributed by atoms with E-state index in [0.717, 1.165) is 55.4 Å². The fourth-order valence-corrected chi connectivity index (χ4v) is 2.71. The van der Waals surface area contributed by atoms with Gasteiger partial charge in [0, 0.05) is 74.6 Å². The molecule has 3 rings (SSSR count). The highest BCUT2D eigenvalue weighted by Gasteiger charge is 2.01. The molecule has 3 aromatic rings. The second-order valence-electron chi connectivity index (χ2n) is 6.30. The van der Waals surface area contributed by atoms with Gasteiger partial charge < -0.3 is 10.6 Å². The largest absolute Gasteiger partial charge is 0.356 e. The molecule has 0 unspecified atom stereocenters. The van der Waals surface area contributed by atoms with Crippen molar-refractivity contribution in [2.75, 3.05) is 19.6 Å². The van der Waals surface area contributed by atoms with E-state index >= 15 is 0 Å². The Labute approximate surface area is 166 Å². The van der Waals surface area contributed by atoms with Crippen LogP contribution in [-0.4, -0.2) is 40.5 Å². The Morgan fingerprint density at radius 2 is 1.11 bits per heavy atom. The number of aromatic nitrogens is 3. The third-order valence-corrected chi connectivity index (χ3v) is 4.16. The summed E-state index contributed by atoms with van der Waals surface area (Å²) < 4.78 is 0. The molecule has 6 nitrogen and oxygen atoms in total. The van der Waals surface area contributed by atoms with Crippen LogP contribution in [0.5, 0.6) is 0 Å². The Morgan fingerprint density at radius 1 is 0.643 bits per heavy atom. The van der Waals surface area contributed by atoms with Gasteiger partial charge in [-0.05, 0) is 36.4 Å². The lowest BCUT2D eigenvalue weighted by molar-refractivity contribution is 0.759. The van der Waals surface area contributed by atoms with Gasteiger partial charge in [-0.2, -0.15) is 0 Å². The van der Waals surface area contributed by atoms with Gasteiger partial charge >= 0.3 is 0 Å². The van der Waals surface area contributed by atoms with Gasteiger partial charge in [0.1, 0.15) is 0 Å². The summed E-state index contributed by atoms with van der Waals surface area (Å²) in [5, 5.41) is 6.80. The van der Waals surface area contributed by atoms with Crippen molar-refractivity contribution in [2.24, 2.45) is 4.99 Å². The zero-order valence-electron chi connectivity index (χ0n) is 16.0. The molecule has 0 fully saturated rings. The monoisotopic (exact) mass is 374 g/mol. The average molecular weight is 374 g/mol. The van der Waals surface area contributed by atoms with Gasteiger partial charge in [0.15, 0.2) is 5.96 Å². The summed E-state index contributed by atoms with van der Waals surface area (Å²) in [7, 11) is 0. The average Bonchev–Trinajstić information content (AvgIpc) is 2.76. The maximum atomic E-state index is 4.69. The Morgan fingerprint density at radius 3 is 1.54 bits per heavy atom. The number of nitrogens with one attached hydrogen (secondary N) is 2. The van der Waals surface area contributed by atoms with Crippen LogP contribution in [0.1, 0.15) is 17.1 Å². The van der Waals surface area contributed by atoms with Gasteiger partial charge in [-0.25, -0.2) is 0 Å². The zero-order chi connectivity index (χ0) is 19.3. The summed E-state index contributed by atoms with van der Waals surface area (Å²) in [4.78, 5) is 17.8. The SMILES string of the molecule is c1ccc(CCN=C(NCCc2ccccn2)NCCc2ccccn2)nc1. The summed E-state index contributed by atoms with van der Waals surface area (Å²) in [6.45, 7) is 2.23. The highest BCUT2D eigenvalue weighted by Crippen LogP contribution is 1.96. The maximum Gasteiger partial charge on any atom is 0.191 e. The van der Waals surface area contributed by atoms with E-state index in [1.54, 1.807) is 0 Å². The number of nitrogens with zero attached hydrogens (tertiary/aromatic N) is 4. The summed E-state index contributed by atoms with van der Waals surface area (Å²) in [6, 6.07) is 17.9.